The summed E-state index contributed by atoms with van der Waals surface area (Å²) in [7, 11) is 0.750. The normalized spacial score (nSPS) is 5.25. The van der Waals surface area contributed by atoms with Crippen molar-refractivity contribution < 1.29 is 51.4 Å². The Balaban J connectivity index is 0. The van der Waals surface area contributed by atoms with Gasteiger partial charge in [-0.1, -0.05) is 11.8 Å². The first-order valence-electron chi connectivity index (χ1n) is 0.499. The van der Waals surface area contributed by atoms with Crippen molar-refractivity contribution in [1.29, 1.82) is 0 Å². The molecule has 0 amide bonds. The second kappa shape index (κ2) is 8.94. The van der Waals surface area contributed by atoms with E-state index in [1.807, 2.05) is 0 Å². The maximum absolute atomic E-state index is 4.25. The topological polar surface area (TPSA) is 0 Å². The zero-order chi connectivity index (χ0) is 2.71. The molecule has 0 atom stereocenters. The molecule has 0 rings (SSSR count). The Kier molecular flexibility index (Phi) is 21.2. The first-order chi connectivity index (χ1) is 1.41. The predicted molar refractivity (Wildman–Crippen MR) is 19.6 cm³/mol. The second-order valence-corrected chi connectivity index (χ2v) is 1.16. The summed E-state index contributed by atoms with van der Waals surface area (Å²) < 4.78 is 0. The van der Waals surface area contributed by atoms with Gasteiger partial charge in [0.2, 0.25) is 0 Å². The van der Waals surface area contributed by atoms with Gasteiger partial charge in [0.25, 0.3) is 0 Å². The monoisotopic (exact) mass is 116 g/mol. The van der Waals surface area contributed by atoms with Gasteiger partial charge in [-0.05, 0) is 0 Å². The van der Waals surface area contributed by atoms with E-state index in [1.54, 1.807) is 0 Å². The number of hydrogen-bond acceptors (Lipinski definition) is 1. The summed E-state index contributed by atoms with van der Waals surface area (Å²) in [6.45, 7) is 3.27. The van der Waals surface area contributed by atoms with Gasteiger partial charge in [-0.25, -0.2) is 7.36 Å². The van der Waals surface area contributed by atoms with Crippen LogP contribution in [0, 0.1) is 6.66 Å². The minimum absolute atomic E-state index is 0. The van der Waals surface area contributed by atoms with Crippen LogP contribution in [0.1, 0.15) is 0 Å². The van der Waals surface area contributed by atoms with Gasteiger partial charge in [0.1, 0.15) is 0 Å². The van der Waals surface area contributed by atoms with Gasteiger partial charge in [0, 0.05) is 0 Å². The first kappa shape index (κ1) is 9.48. The van der Waals surface area contributed by atoms with Crippen molar-refractivity contribution in [1.82, 2.24) is 0 Å². The van der Waals surface area contributed by atoms with E-state index < -0.39 is 0 Å². The van der Waals surface area contributed by atoms with Crippen LogP contribution in [0.25, 0.3) is 0 Å². The Hall–Kier alpha value is 2.16. The van der Waals surface area contributed by atoms with E-state index in [2.05, 4.69) is 18.5 Å². The van der Waals surface area contributed by atoms with Crippen LogP contribution in [0.15, 0.2) is 0 Å². The minimum atomic E-state index is 0. The van der Waals surface area contributed by atoms with Gasteiger partial charge >= 0.3 is 51.4 Å². The molecule has 0 radical (unpaired) electrons. The fourth-order valence-electron chi connectivity index (χ4n) is 0. The van der Waals surface area contributed by atoms with Crippen LogP contribution >= 0.6 is 7.36 Å². The van der Waals surface area contributed by atoms with Crippen LogP contribution < -0.4 is 51.4 Å². The van der Waals surface area contributed by atoms with Crippen LogP contribution in [0.2, 0.25) is 0 Å². The molecule has 0 aromatic carbocycles. The van der Waals surface area contributed by atoms with Crippen molar-refractivity contribution in [3.8, 4) is 0 Å². The predicted octanol–water partition coefficient (Wildman–Crippen LogP) is -1.81. The van der Waals surface area contributed by atoms with Crippen molar-refractivity contribution in [2.75, 3.05) is 0 Å². The van der Waals surface area contributed by atoms with Gasteiger partial charge < -0.3 is 0 Å². The molecule has 18 valence electrons. The van der Waals surface area contributed by atoms with Crippen molar-refractivity contribution in [2.45, 2.75) is 0 Å². The van der Waals surface area contributed by atoms with E-state index in [0.717, 1.165) is 7.36 Å². The Morgan fingerprint density at radius 3 is 1.75 bits per heavy atom. The molecule has 0 N–H and O–H groups in total. The zero-order valence-corrected chi connectivity index (χ0v) is 7.40. The summed E-state index contributed by atoms with van der Waals surface area (Å²) >= 11 is 4.25. The van der Waals surface area contributed by atoms with E-state index in [-0.39, 0.29) is 51.4 Å². The minimum Gasteiger partial charge on any atom is -0.282 e. The summed E-state index contributed by atoms with van der Waals surface area (Å²) in [5.74, 6) is 0. The van der Waals surface area contributed by atoms with E-state index in [4.69, 9.17) is 0 Å². The van der Waals surface area contributed by atoms with Crippen molar-refractivity contribution in [2.24, 2.45) is 0 Å². The van der Waals surface area contributed by atoms with E-state index in [9.17, 15) is 0 Å². The average Bonchev–Trinajstić information content (AvgIpc) is 0.918. The van der Waals surface area contributed by atoms with E-state index >= 15 is 0 Å². The largest absolute Gasteiger partial charge is 1.00 e. The molecule has 0 aromatic rings. The molecule has 0 heterocycles. The Morgan fingerprint density at radius 2 is 1.75 bits per heavy atom. The van der Waals surface area contributed by atoms with Crippen molar-refractivity contribution in [3.05, 3.63) is 6.66 Å². The average molecular weight is 116 g/mol. The number of rotatable bonds is 0. The summed E-state index contributed by atoms with van der Waals surface area (Å²) in [5.41, 5.74) is 0. The van der Waals surface area contributed by atoms with Gasteiger partial charge in [-0.15, -0.1) is 0 Å². The Labute approximate surface area is 75.6 Å². The maximum Gasteiger partial charge on any atom is 1.00 e. The molecule has 0 aliphatic heterocycles. The molecular formula is CH2KPS. The molecular weight excluding hydrogens is 114 g/mol. The molecule has 3 heteroatoms. The number of hydrogen-bond donors (Lipinski definition) is 0. The van der Waals surface area contributed by atoms with Crippen molar-refractivity contribution >= 4 is 19.2 Å². The van der Waals surface area contributed by atoms with Crippen molar-refractivity contribution in [3.63, 3.8) is 0 Å². The Morgan fingerprint density at radius 1 is 1.75 bits per heavy atom. The molecule has 0 nitrogen and oxygen atoms in total. The molecule has 4 heavy (non-hydrogen) atoms. The van der Waals surface area contributed by atoms with Crippen LogP contribution in [0.4, 0.5) is 0 Å². The van der Waals surface area contributed by atoms with Crippen LogP contribution in [0.5, 0.6) is 0 Å². The van der Waals surface area contributed by atoms with Gasteiger partial charge in [-0.3, -0.25) is 6.66 Å². The van der Waals surface area contributed by atoms with Crippen LogP contribution in [0.3, 0.4) is 0 Å². The summed E-state index contributed by atoms with van der Waals surface area (Å²) in [5, 5.41) is 0. The molecule has 0 aliphatic rings. The summed E-state index contributed by atoms with van der Waals surface area (Å²) in [6, 6.07) is 0. The second-order valence-electron chi connectivity index (χ2n) is 0.129. The molecule has 0 saturated carbocycles. The van der Waals surface area contributed by atoms with E-state index in [0.29, 0.717) is 0 Å². The SMILES string of the molecule is [CH2-]P=S.[K+]. The molecule has 0 aromatic heterocycles. The van der Waals surface area contributed by atoms with Gasteiger partial charge in [0.15, 0.2) is 0 Å². The quantitative estimate of drug-likeness (QED) is 0.204. The van der Waals surface area contributed by atoms with E-state index in [1.165, 1.54) is 0 Å². The van der Waals surface area contributed by atoms with Gasteiger partial charge in [-0.2, -0.15) is 0 Å². The third kappa shape index (κ3) is 8.91. The Bertz CT molecular complexity index is 15.5. The van der Waals surface area contributed by atoms with Crippen LogP contribution in [-0.2, 0) is 11.8 Å². The fraction of sp³-hybridized carbons (Fsp3) is 0. The third-order valence-corrected chi connectivity index (χ3v) is 0. The summed E-state index contributed by atoms with van der Waals surface area (Å²) in [4.78, 5) is 0. The molecule has 0 aliphatic carbocycles. The molecule has 0 unspecified atom stereocenters. The smallest absolute Gasteiger partial charge is 0.282 e. The van der Waals surface area contributed by atoms with Gasteiger partial charge in [0.05, 0.1) is 0 Å². The summed E-state index contributed by atoms with van der Waals surface area (Å²) in [6.07, 6.45) is 0. The third-order valence-electron chi connectivity index (χ3n) is 0. The molecule has 0 fully saturated rings. The fourth-order valence-corrected chi connectivity index (χ4v) is 0. The standard InChI is InChI=1S/CH2PS.K/c1-2-3;/h1H2;/q-1;+1. The molecule has 0 bridgehead atoms. The first-order valence-corrected chi connectivity index (χ1v) is 2.59. The molecule has 0 saturated heterocycles. The van der Waals surface area contributed by atoms with Crippen LogP contribution in [-0.4, -0.2) is 0 Å². The maximum atomic E-state index is 4.25. The zero-order valence-electron chi connectivity index (χ0n) is 2.56. The molecule has 0 spiro atoms.